The van der Waals surface area contributed by atoms with Crippen LogP contribution >= 0.6 is 0 Å². The van der Waals surface area contributed by atoms with Gasteiger partial charge < -0.3 is 17.7 Å². The molecule has 0 radical (unpaired) electrons. The average molecular weight is 1590 g/mol. The topological polar surface area (TPSA) is 120 Å². The van der Waals surface area contributed by atoms with Crippen LogP contribution in [0.2, 0.25) is 0 Å². The Morgan fingerprint density at radius 1 is 0.320 bits per heavy atom. The molecule has 0 saturated carbocycles. The van der Waals surface area contributed by atoms with Crippen molar-refractivity contribution in [2.24, 2.45) is 28.2 Å². The van der Waals surface area contributed by atoms with E-state index in [1.807, 2.05) is 82.0 Å². The number of aromatic nitrogens is 8. The Kier molecular flexibility index (Phi) is 16.8. The van der Waals surface area contributed by atoms with Gasteiger partial charge in [-0.25, -0.2) is 33.6 Å². The Bertz CT molecular complexity index is 8570. The molecule has 0 N–H and O–H groups in total. The summed E-state index contributed by atoms with van der Waals surface area (Å²) < 4.78 is 66.7. The molecular weight excluding hydrogens is 1500 g/mol. The van der Waals surface area contributed by atoms with Gasteiger partial charge in [-0.05, 0) is 162 Å². The maximum absolute atomic E-state index is 8.58. The van der Waals surface area contributed by atoms with Gasteiger partial charge in [-0.15, -0.1) is 0 Å². The van der Waals surface area contributed by atoms with Crippen molar-refractivity contribution in [2.75, 3.05) is 0 Å². The molecule has 588 valence electrons. The van der Waals surface area contributed by atoms with Crippen LogP contribution in [0.25, 0.3) is 220 Å². The molecule has 24 rings (SSSR count). The van der Waals surface area contributed by atoms with Crippen molar-refractivity contribution in [3.8, 4) is 45.0 Å². The van der Waals surface area contributed by atoms with E-state index in [2.05, 4.69) is 309 Å². The van der Waals surface area contributed by atoms with Crippen LogP contribution in [0, 0.1) is 48.5 Å². The zero-order chi connectivity index (χ0) is 86.6. The van der Waals surface area contributed by atoms with E-state index in [9.17, 15) is 0 Å². The van der Waals surface area contributed by atoms with Crippen LogP contribution in [0.1, 0.15) is 69.9 Å². The summed E-state index contributed by atoms with van der Waals surface area (Å²) >= 11 is 0. The van der Waals surface area contributed by atoms with E-state index < -0.39 is 12.7 Å². The summed E-state index contributed by atoms with van der Waals surface area (Å²) in [6, 6.07) is 90.4. The molecular formula is C110H88N8O4+4. The molecule has 12 aromatic carbocycles. The fraction of sp³-hybridized carbons (Fsp3) is 0.127. The maximum atomic E-state index is 8.58. The summed E-state index contributed by atoms with van der Waals surface area (Å²) in [4.78, 5) is 18.9. The number of fused-ring (bicyclic) bond motifs is 24. The van der Waals surface area contributed by atoms with Gasteiger partial charge in [0.15, 0.2) is 40.9 Å². The molecule has 0 fully saturated rings. The number of benzene rings is 12. The Hall–Kier alpha value is -14.9. The molecule has 0 aliphatic heterocycles. The highest BCUT2D eigenvalue weighted by Crippen LogP contribution is 2.47. The van der Waals surface area contributed by atoms with Crippen molar-refractivity contribution in [3.63, 3.8) is 0 Å². The molecule has 0 bridgehead atoms. The predicted octanol–water partition coefficient (Wildman–Crippen LogP) is 26.4. The fourth-order valence-electron chi connectivity index (χ4n) is 18.8. The Balaban J connectivity index is 0.000000103. The summed E-state index contributed by atoms with van der Waals surface area (Å²) in [5.74, 6) is -1.71. The van der Waals surface area contributed by atoms with Crippen molar-refractivity contribution >= 4 is 175 Å². The summed E-state index contributed by atoms with van der Waals surface area (Å²) in [6.45, 7) is 13.7. The van der Waals surface area contributed by atoms with Gasteiger partial charge in [-0.1, -0.05) is 208 Å². The summed E-state index contributed by atoms with van der Waals surface area (Å²) in [5.41, 5.74) is 24.3. The predicted molar refractivity (Wildman–Crippen MR) is 500 cm³/mol. The second-order valence-electron chi connectivity index (χ2n) is 32.6. The summed E-state index contributed by atoms with van der Waals surface area (Å²) in [7, 11) is 8.32. The molecule has 0 spiro atoms. The van der Waals surface area contributed by atoms with Gasteiger partial charge in [0.1, 0.15) is 28.2 Å². The molecule has 1 atom stereocenters. The highest BCUT2D eigenvalue weighted by Gasteiger charge is 2.30. The van der Waals surface area contributed by atoms with Gasteiger partial charge in [0.05, 0.1) is 49.2 Å². The van der Waals surface area contributed by atoms with E-state index in [0.29, 0.717) is 28.4 Å². The molecule has 0 saturated heterocycles. The molecule has 12 nitrogen and oxygen atoms in total. The highest BCUT2D eigenvalue weighted by atomic mass is 16.4. The quantitative estimate of drug-likeness (QED) is 0.156. The van der Waals surface area contributed by atoms with Crippen molar-refractivity contribution in [2.45, 2.75) is 68.1 Å². The number of hydrogen-bond acceptors (Lipinski definition) is 8. The van der Waals surface area contributed by atoms with Crippen LogP contribution in [-0.2, 0) is 28.2 Å². The lowest BCUT2D eigenvalue weighted by molar-refractivity contribution is -0.659. The van der Waals surface area contributed by atoms with Crippen molar-refractivity contribution in [1.29, 1.82) is 0 Å². The third-order valence-corrected chi connectivity index (χ3v) is 25.1. The first-order chi connectivity index (χ1) is 60.9. The van der Waals surface area contributed by atoms with Crippen molar-refractivity contribution in [1.82, 2.24) is 19.9 Å². The molecule has 1 unspecified atom stereocenters. The summed E-state index contributed by atoms with van der Waals surface area (Å²) in [5, 5.41) is 25.8. The molecule has 24 aromatic rings. The van der Waals surface area contributed by atoms with Gasteiger partial charge in [0.25, 0.3) is 0 Å². The second kappa shape index (κ2) is 29.3. The van der Waals surface area contributed by atoms with Crippen LogP contribution in [0.3, 0.4) is 0 Å². The van der Waals surface area contributed by atoms with E-state index in [1.165, 1.54) is 77.6 Å². The van der Waals surface area contributed by atoms with E-state index in [-0.39, 0.29) is 0 Å². The van der Waals surface area contributed by atoms with Gasteiger partial charge in [-0.3, -0.25) is 0 Å². The molecule has 12 aromatic heterocycles. The van der Waals surface area contributed by atoms with Crippen LogP contribution < -0.4 is 18.3 Å². The van der Waals surface area contributed by atoms with E-state index in [1.54, 1.807) is 6.07 Å². The average Bonchev–Trinajstić information content (AvgIpc) is 1.57. The van der Waals surface area contributed by atoms with Crippen LogP contribution in [0.4, 0.5) is 0 Å². The van der Waals surface area contributed by atoms with Gasteiger partial charge in [-0.2, -0.15) is 4.57 Å². The zero-order valence-corrected chi connectivity index (χ0v) is 69.9. The SMILES string of the molecule is Cc1ccc2c(oc3nc(C)c4ccccc4c32)c1-c1cc2ccccc2c[n+]1C.Cc1ccc2c(oc3ncc4ccccc4c32)c1-c1cc2ccccc2c[n+]1C.Cc1ccc2c(oc3ncc4ccccc4c32)c1-c1ccc2ccccc2[n+]1C.[2H]C([2H])([2H])C([2H])(C)c1ccc2c(-c3c(C)c(C)cc4c3oc3nc(C)c5ccccc5c34)[n+](C)ccc2c1. The molecule has 0 aliphatic rings. The minimum absolute atomic E-state index is 0.464. The van der Waals surface area contributed by atoms with Gasteiger partial charge >= 0.3 is 0 Å². The first-order valence-electron chi connectivity index (χ1n) is 43.4. The van der Waals surface area contributed by atoms with E-state index in [0.717, 1.165) is 165 Å². The number of nitrogens with zero attached hydrogens (tertiary/aromatic N) is 8. The smallest absolute Gasteiger partial charge is 0.228 e. The third-order valence-electron chi connectivity index (χ3n) is 25.1. The lowest BCUT2D eigenvalue weighted by Gasteiger charge is -2.12. The molecule has 0 amide bonds. The first kappa shape index (κ1) is 70.2. The third kappa shape index (κ3) is 12.2. The monoisotopic (exact) mass is 1590 g/mol. The number of rotatable bonds is 5. The molecule has 12 heterocycles. The van der Waals surface area contributed by atoms with Crippen molar-refractivity contribution in [3.05, 3.63) is 337 Å². The van der Waals surface area contributed by atoms with E-state index >= 15 is 0 Å². The Morgan fingerprint density at radius 3 is 1.24 bits per heavy atom. The number of aryl methyl sites for hydroxylation is 10. The minimum Gasteiger partial charge on any atom is -0.437 e. The molecule has 122 heavy (non-hydrogen) atoms. The lowest BCUT2D eigenvalue weighted by atomic mass is 9.92. The normalized spacial score (nSPS) is 13.0. The highest BCUT2D eigenvalue weighted by molar-refractivity contribution is 6.24. The minimum atomic E-state index is -2.44. The molecule has 12 heteroatoms. The number of para-hydroxylation sites is 1. The zero-order valence-electron chi connectivity index (χ0n) is 73.9. The maximum Gasteiger partial charge on any atom is 0.228 e. The number of furan rings is 4. The standard InChI is InChI=1S/C31H29N2O.C27H21N2O.2C26H19N2O/c1-17(2)21-11-12-24-22(16-21)13-14-33(6)29(24)27-19(4)18(3)15-26-28-25-10-8-7-9-23(25)20(5)32-31(28)34-30(26)27;1-16-12-13-22-25-21-11-7-6-10-20(21)17(2)28-27(25)30-26(22)24(16)23-14-18-8-4-5-9-19(18)15-29(23)3;1-16-11-13-20-24-19-9-5-3-8-18(19)15-27-26(24)29-25(20)23(16)22-14-12-17-7-4-6-10-21(17)28(22)2;1-16-11-12-21-24-20-10-6-5-8-18(20)14-27-26(24)29-25(21)23(16)22-13-17-7-3-4-9-19(17)15-28(22)2/h7-17H,1-6H3;4-15H,1-3H3;2*3-15H,1-2H3/q4*+1/i1D3,17D;;;. The first-order valence-corrected chi connectivity index (χ1v) is 41.4. The largest absolute Gasteiger partial charge is 0.437 e. The van der Waals surface area contributed by atoms with Gasteiger partial charge in [0.2, 0.25) is 51.1 Å². The number of hydrogen-bond donors (Lipinski definition) is 0. The Morgan fingerprint density at radius 2 is 0.730 bits per heavy atom. The summed E-state index contributed by atoms with van der Waals surface area (Å²) in [6.07, 6.45) is 10.1. The number of pyridine rings is 8. The van der Waals surface area contributed by atoms with Gasteiger partial charge in [0, 0.05) is 119 Å². The van der Waals surface area contributed by atoms with E-state index in [4.69, 9.17) is 33.1 Å². The lowest BCUT2D eigenvalue weighted by Crippen LogP contribution is -2.32. The second-order valence-corrected chi connectivity index (χ2v) is 32.6. The van der Waals surface area contributed by atoms with Crippen molar-refractivity contribution < 1.29 is 41.4 Å². The van der Waals surface area contributed by atoms with Crippen LogP contribution in [0.15, 0.2) is 310 Å². The van der Waals surface area contributed by atoms with Crippen LogP contribution in [0.5, 0.6) is 0 Å². The molecule has 0 aliphatic carbocycles. The fourth-order valence-corrected chi connectivity index (χ4v) is 18.8. The Labute approximate surface area is 709 Å². The van der Waals surface area contributed by atoms with Crippen LogP contribution in [-0.4, -0.2) is 19.9 Å².